The van der Waals surface area contributed by atoms with Gasteiger partial charge in [0.25, 0.3) is 0 Å². The zero-order valence-corrected chi connectivity index (χ0v) is 16.6. The molecule has 3 rings (SSSR count). The van der Waals surface area contributed by atoms with Crippen LogP contribution in [0.1, 0.15) is 47.6 Å². The third kappa shape index (κ3) is 5.37. The van der Waals surface area contributed by atoms with Gasteiger partial charge in [-0.1, -0.05) is 6.92 Å². The zero-order valence-electron chi connectivity index (χ0n) is 15.8. The van der Waals surface area contributed by atoms with Crippen LogP contribution in [0.4, 0.5) is 5.13 Å². The van der Waals surface area contributed by atoms with E-state index in [-0.39, 0.29) is 11.7 Å². The van der Waals surface area contributed by atoms with Gasteiger partial charge in [0.1, 0.15) is 5.75 Å². The Bertz CT molecular complexity index is 801. The third-order valence-corrected chi connectivity index (χ3v) is 5.58. The molecule has 1 amide bonds. The number of carbonyl (C=O) groups is 2. The fourth-order valence-corrected chi connectivity index (χ4v) is 4.03. The molecule has 0 spiro atoms. The highest BCUT2D eigenvalue weighted by molar-refractivity contribution is 7.15. The predicted octanol–water partition coefficient (Wildman–Crippen LogP) is 3.52. The van der Waals surface area contributed by atoms with E-state index in [4.69, 9.17) is 4.74 Å². The fraction of sp³-hybridized carbons (Fsp3) is 0.450. The van der Waals surface area contributed by atoms with E-state index in [1.54, 1.807) is 35.6 Å². The fourth-order valence-electron chi connectivity index (χ4n) is 2.96. The van der Waals surface area contributed by atoms with E-state index in [2.05, 4.69) is 22.1 Å². The van der Waals surface area contributed by atoms with Crippen LogP contribution in [-0.2, 0) is 17.8 Å². The van der Waals surface area contributed by atoms with Crippen LogP contribution in [-0.4, -0.2) is 41.3 Å². The van der Waals surface area contributed by atoms with Crippen molar-refractivity contribution in [3.63, 3.8) is 0 Å². The molecule has 0 saturated carbocycles. The molecule has 2 aromatic rings. The maximum Gasteiger partial charge on any atom is 0.226 e. The van der Waals surface area contributed by atoms with Crippen molar-refractivity contribution in [2.24, 2.45) is 0 Å². The maximum absolute atomic E-state index is 12.1. The highest BCUT2D eigenvalue weighted by Gasteiger charge is 2.20. The van der Waals surface area contributed by atoms with Crippen molar-refractivity contribution in [1.29, 1.82) is 0 Å². The number of aromatic nitrogens is 1. The summed E-state index contributed by atoms with van der Waals surface area (Å²) in [4.78, 5) is 31.6. The van der Waals surface area contributed by atoms with E-state index in [0.29, 0.717) is 35.9 Å². The van der Waals surface area contributed by atoms with Gasteiger partial charge < -0.3 is 10.1 Å². The first kappa shape index (κ1) is 19.5. The Balaban J connectivity index is 1.40. The molecular formula is C20H25N3O3S. The molecule has 0 fully saturated rings. The van der Waals surface area contributed by atoms with E-state index in [9.17, 15) is 9.59 Å². The van der Waals surface area contributed by atoms with Gasteiger partial charge in [0, 0.05) is 36.4 Å². The Kier molecular flexibility index (Phi) is 6.58. The van der Waals surface area contributed by atoms with E-state index in [1.807, 2.05) is 0 Å². The first-order valence-electron chi connectivity index (χ1n) is 9.29. The van der Waals surface area contributed by atoms with Crippen LogP contribution in [0.2, 0.25) is 0 Å². The molecule has 1 aliphatic heterocycles. The highest BCUT2D eigenvalue weighted by Crippen LogP contribution is 2.28. The standard InChI is InChI=1S/C20H25N3O3S/c1-3-23-11-10-17-18(13-23)27-20(21-17)22-19(25)5-4-12-26-16-8-6-15(7-9-16)14(2)24/h6-9H,3-5,10-13H2,1-2H3,(H,21,22,25). The Morgan fingerprint density at radius 1 is 1.30 bits per heavy atom. The number of nitrogens with zero attached hydrogens (tertiary/aromatic N) is 2. The van der Waals surface area contributed by atoms with Crippen LogP contribution in [0.25, 0.3) is 0 Å². The van der Waals surface area contributed by atoms with Crippen LogP contribution >= 0.6 is 11.3 Å². The molecule has 0 atom stereocenters. The molecule has 2 heterocycles. The number of amides is 1. The summed E-state index contributed by atoms with van der Waals surface area (Å²) in [6.07, 6.45) is 1.96. The molecular weight excluding hydrogens is 362 g/mol. The van der Waals surface area contributed by atoms with Crippen LogP contribution in [0, 0.1) is 0 Å². The monoisotopic (exact) mass is 387 g/mol. The number of anilines is 1. The van der Waals surface area contributed by atoms with E-state index >= 15 is 0 Å². The van der Waals surface area contributed by atoms with Crippen molar-refractivity contribution in [3.8, 4) is 5.75 Å². The van der Waals surface area contributed by atoms with Crippen molar-refractivity contribution in [3.05, 3.63) is 40.4 Å². The number of ether oxygens (including phenoxy) is 1. The van der Waals surface area contributed by atoms with Gasteiger partial charge in [-0.2, -0.15) is 0 Å². The highest BCUT2D eigenvalue weighted by atomic mass is 32.1. The molecule has 0 aliphatic carbocycles. The van der Waals surface area contributed by atoms with Crippen molar-refractivity contribution >= 4 is 28.2 Å². The van der Waals surface area contributed by atoms with Crippen LogP contribution in [0.3, 0.4) is 0 Å². The minimum absolute atomic E-state index is 0.0319. The second-order valence-electron chi connectivity index (χ2n) is 6.59. The van der Waals surface area contributed by atoms with Crippen molar-refractivity contribution in [1.82, 2.24) is 9.88 Å². The maximum atomic E-state index is 12.1. The normalized spacial score (nSPS) is 13.9. The average molecular weight is 388 g/mol. The van der Waals surface area contributed by atoms with Gasteiger partial charge in [0.05, 0.1) is 12.3 Å². The molecule has 0 unspecified atom stereocenters. The molecule has 1 N–H and O–H groups in total. The smallest absolute Gasteiger partial charge is 0.226 e. The van der Waals surface area contributed by atoms with Gasteiger partial charge in [-0.25, -0.2) is 4.98 Å². The van der Waals surface area contributed by atoms with Crippen molar-refractivity contribution in [2.45, 2.75) is 39.7 Å². The van der Waals surface area contributed by atoms with Gasteiger partial charge in [-0.05, 0) is 44.2 Å². The van der Waals surface area contributed by atoms with E-state index in [1.165, 1.54) is 11.8 Å². The first-order valence-corrected chi connectivity index (χ1v) is 10.1. The molecule has 0 radical (unpaired) electrons. The lowest BCUT2D eigenvalue weighted by Crippen LogP contribution is -2.29. The zero-order chi connectivity index (χ0) is 19.2. The second-order valence-corrected chi connectivity index (χ2v) is 7.67. The number of likely N-dealkylation sites (N-methyl/N-ethyl adjacent to an activating group) is 1. The number of benzene rings is 1. The van der Waals surface area contributed by atoms with Crippen molar-refractivity contribution < 1.29 is 14.3 Å². The number of fused-ring (bicyclic) bond motifs is 1. The topological polar surface area (TPSA) is 71.5 Å². The lowest BCUT2D eigenvalue weighted by atomic mass is 10.1. The van der Waals surface area contributed by atoms with Crippen LogP contribution in [0.15, 0.2) is 24.3 Å². The Labute approximate surface area is 163 Å². The van der Waals surface area contributed by atoms with Crippen molar-refractivity contribution in [2.75, 3.05) is 25.0 Å². The molecule has 1 aromatic carbocycles. The number of rotatable bonds is 8. The molecule has 6 nitrogen and oxygen atoms in total. The average Bonchev–Trinajstić information content (AvgIpc) is 3.06. The summed E-state index contributed by atoms with van der Waals surface area (Å²) in [6, 6.07) is 7.04. The van der Waals surface area contributed by atoms with Gasteiger partial charge in [0.2, 0.25) is 5.91 Å². The number of nitrogens with one attached hydrogen (secondary N) is 1. The van der Waals surface area contributed by atoms with Crippen LogP contribution in [0.5, 0.6) is 5.75 Å². The SMILES string of the molecule is CCN1CCc2nc(NC(=O)CCCOc3ccc(C(C)=O)cc3)sc2C1. The summed E-state index contributed by atoms with van der Waals surface area (Å²) in [5.41, 5.74) is 1.78. The van der Waals surface area contributed by atoms with E-state index in [0.717, 1.165) is 31.7 Å². The van der Waals surface area contributed by atoms with Gasteiger partial charge in [-0.15, -0.1) is 11.3 Å². The molecule has 0 saturated heterocycles. The van der Waals surface area contributed by atoms with E-state index < -0.39 is 0 Å². The molecule has 1 aliphatic rings. The minimum Gasteiger partial charge on any atom is -0.494 e. The Morgan fingerprint density at radius 3 is 2.78 bits per heavy atom. The summed E-state index contributed by atoms with van der Waals surface area (Å²) < 4.78 is 5.62. The summed E-state index contributed by atoms with van der Waals surface area (Å²) in [6.45, 7) is 7.14. The number of ketones is 1. The third-order valence-electron chi connectivity index (χ3n) is 4.58. The number of Topliss-reactive ketones (excluding diaryl/α,β-unsaturated/α-hetero) is 1. The molecule has 144 valence electrons. The number of carbonyl (C=O) groups excluding carboxylic acids is 2. The Hall–Kier alpha value is -2.25. The summed E-state index contributed by atoms with van der Waals surface area (Å²) in [5, 5.41) is 3.61. The molecule has 0 bridgehead atoms. The summed E-state index contributed by atoms with van der Waals surface area (Å²) in [7, 11) is 0. The second kappa shape index (κ2) is 9.10. The number of thiazole rings is 1. The molecule has 27 heavy (non-hydrogen) atoms. The Morgan fingerprint density at radius 2 is 2.07 bits per heavy atom. The van der Waals surface area contributed by atoms with Gasteiger partial charge in [0.15, 0.2) is 10.9 Å². The summed E-state index contributed by atoms with van der Waals surface area (Å²) >= 11 is 1.58. The summed E-state index contributed by atoms with van der Waals surface area (Å²) in [5.74, 6) is 0.696. The molecule has 1 aromatic heterocycles. The van der Waals surface area contributed by atoms with Gasteiger partial charge in [-0.3, -0.25) is 14.5 Å². The largest absolute Gasteiger partial charge is 0.494 e. The minimum atomic E-state index is -0.0380. The molecule has 7 heteroatoms. The number of hydrogen-bond donors (Lipinski definition) is 1. The quantitative estimate of drug-likeness (QED) is 0.554. The first-order chi connectivity index (χ1) is 13.0. The lowest BCUT2D eigenvalue weighted by molar-refractivity contribution is -0.116. The predicted molar refractivity (Wildman–Crippen MR) is 107 cm³/mol. The van der Waals surface area contributed by atoms with Gasteiger partial charge >= 0.3 is 0 Å². The lowest BCUT2D eigenvalue weighted by Gasteiger charge is -2.23. The van der Waals surface area contributed by atoms with Crippen LogP contribution < -0.4 is 10.1 Å². The number of hydrogen-bond acceptors (Lipinski definition) is 6.